The lowest BCUT2D eigenvalue weighted by Gasteiger charge is -2.08. The Balaban J connectivity index is 1.88. The van der Waals surface area contributed by atoms with E-state index in [1.807, 2.05) is 19.1 Å². The van der Waals surface area contributed by atoms with E-state index in [9.17, 15) is 4.79 Å². The zero-order chi connectivity index (χ0) is 15.1. The molecule has 3 nitrogen and oxygen atoms in total. The lowest BCUT2D eigenvalue weighted by molar-refractivity contribution is 0.102. The number of Topliss-reactive ketones (excluding diaryl/α,β-unsaturated/α-hetero) is 1. The fraction of sp³-hybridized carbons (Fsp3) is 0.312. The Labute approximate surface area is 133 Å². The van der Waals surface area contributed by atoms with Crippen molar-refractivity contribution < 1.29 is 13.9 Å². The molecular weight excluding hydrogens is 308 g/mol. The minimum Gasteiger partial charge on any atom is -0.492 e. The zero-order valence-corrected chi connectivity index (χ0v) is 13.4. The van der Waals surface area contributed by atoms with Crippen LogP contribution in [-0.4, -0.2) is 18.1 Å². The second kappa shape index (κ2) is 8.15. The lowest BCUT2D eigenvalue weighted by Crippen LogP contribution is -2.03. The maximum Gasteiger partial charge on any atom is 0.172 e. The monoisotopic (exact) mass is 324 g/mol. The molecule has 0 N–H and O–H groups in total. The Morgan fingerprint density at radius 2 is 2.24 bits per heavy atom. The fourth-order valence-electron chi connectivity index (χ4n) is 1.73. The average Bonchev–Trinajstić information content (AvgIpc) is 2.99. The van der Waals surface area contributed by atoms with Crippen molar-refractivity contribution in [3.05, 3.63) is 52.9 Å². The molecule has 1 aromatic heterocycles. The average molecular weight is 325 g/mol. The third kappa shape index (κ3) is 4.83. The van der Waals surface area contributed by atoms with Gasteiger partial charge >= 0.3 is 0 Å². The number of halogens is 1. The summed E-state index contributed by atoms with van der Waals surface area (Å²) in [5.41, 5.74) is 0.607. The minimum atomic E-state index is 0.0514. The van der Waals surface area contributed by atoms with Crippen LogP contribution in [0.15, 0.2) is 41.0 Å². The third-order valence-corrected chi connectivity index (χ3v) is 4.02. The van der Waals surface area contributed by atoms with Gasteiger partial charge in [-0.3, -0.25) is 4.79 Å². The first-order valence-electron chi connectivity index (χ1n) is 6.76. The number of hydrogen-bond acceptors (Lipinski definition) is 4. The molecular formula is C16H17ClO3S. The summed E-state index contributed by atoms with van der Waals surface area (Å²) in [6, 6.07) is 8.91. The molecule has 0 aliphatic rings. The number of carbonyl (C=O) groups excluding carboxylic acids is 1. The fourth-order valence-corrected chi connectivity index (χ4v) is 2.78. The van der Waals surface area contributed by atoms with Gasteiger partial charge in [0, 0.05) is 5.56 Å². The first-order chi connectivity index (χ1) is 10.2. The SMILES string of the molecule is CCCOc1ccc(C(=O)CSCc2ccco2)cc1Cl. The van der Waals surface area contributed by atoms with Gasteiger partial charge in [-0.2, -0.15) is 0 Å². The van der Waals surface area contributed by atoms with Gasteiger partial charge in [0.2, 0.25) is 0 Å². The van der Waals surface area contributed by atoms with E-state index >= 15 is 0 Å². The third-order valence-electron chi connectivity index (χ3n) is 2.77. The summed E-state index contributed by atoms with van der Waals surface area (Å²) in [6.45, 7) is 2.65. The van der Waals surface area contributed by atoms with Crippen LogP contribution in [0.2, 0.25) is 5.02 Å². The van der Waals surface area contributed by atoms with Crippen LogP contribution in [0.4, 0.5) is 0 Å². The number of rotatable bonds is 8. The number of benzene rings is 1. The maximum absolute atomic E-state index is 12.1. The van der Waals surface area contributed by atoms with E-state index < -0.39 is 0 Å². The van der Waals surface area contributed by atoms with Crippen molar-refractivity contribution in [2.24, 2.45) is 0 Å². The molecule has 5 heteroatoms. The first-order valence-corrected chi connectivity index (χ1v) is 8.29. The molecule has 0 aliphatic heterocycles. The number of ketones is 1. The normalized spacial score (nSPS) is 10.6. The van der Waals surface area contributed by atoms with E-state index in [0.717, 1.165) is 12.2 Å². The van der Waals surface area contributed by atoms with Gasteiger partial charge in [0.05, 0.1) is 29.4 Å². The highest BCUT2D eigenvalue weighted by molar-refractivity contribution is 7.99. The molecule has 2 aromatic rings. The smallest absolute Gasteiger partial charge is 0.172 e. The van der Waals surface area contributed by atoms with Crippen LogP contribution in [0.5, 0.6) is 5.75 Å². The Bertz CT molecular complexity index is 581. The Hall–Kier alpha value is -1.39. The summed E-state index contributed by atoms with van der Waals surface area (Å²) in [6.07, 6.45) is 2.55. The molecule has 0 aliphatic carbocycles. The molecule has 0 saturated heterocycles. The van der Waals surface area contributed by atoms with Crippen molar-refractivity contribution in [3.63, 3.8) is 0 Å². The number of ether oxygens (including phenoxy) is 1. The van der Waals surface area contributed by atoms with Crippen molar-refractivity contribution >= 4 is 29.1 Å². The van der Waals surface area contributed by atoms with Crippen LogP contribution in [0.25, 0.3) is 0 Å². The summed E-state index contributed by atoms with van der Waals surface area (Å²) in [5, 5.41) is 0.477. The van der Waals surface area contributed by atoms with Gasteiger partial charge in [0.1, 0.15) is 11.5 Å². The highest BCUT2D eigenvalue weighted by Gasteiger charge is 2.10. The Morgan fingerprint density at radius 3 is 2.90 bits per heavy atom. The summed E-state index contributed by atoms with van der Waals surface area (Å²) in [4.78, 5) is 12.1. The van der Waals surface area contributed by atoms with Crippen LogP contribution in [0.3, 0.4) is 0 Å². The number of thioether (sulfide) groups is 1. The largest absolute Gasteiger partial charge is 0.492 e. The molecule has 0 saturated carbocycles. The molecule has 1 heterocycles. The second-order valence-electron chi connectivity index (χ2n) is 4.49. The molecule has 0 bridgehead atoms. The molecule has 0 radical (unpaired) electrons. The highest BCUT2D eigenvalue weighted by atomic mass is 35.5. The lowest BCUT2D eigenvalue weighted by atomic mass is 10.1. The van der Waals surface area contributed by atoms with E-state index in [-0.39, 0.29) is 5.78 Å². The number of hydrogen-bond donors (Lipinski definition) is 0. The van der Waals surface area contributed by atoms with Gasteiger partial charge in [-0.1, -0.05) is 18.5 Å². The van der Waals surface area contributed by atoms with Crippen LogP contribution < -0.4 is 4.74 Å². The summed E-state index contributed by atoms with van der Waals surface area (Å²) in [7, 11) is 0. The molecule has 0 spiro atoms. The van der Waals surface area contributed by atoms with Crippen molar-refractivity contribution in [3.8, 4) is 5.75 Å². The maximum atomic E-state index is 12.1. The van der Waals surface area contributed by atoms with Gasteiger partial charge in [-0.05, 0) is 36.8 Å². The van der Waals surface area contributed by atoms with Gasteiger partial charge in [0.15, 0.2) is 5.78 Å². The molecule has 21 heavy (non-hydrogen) atoms. The van der Waals surface area contributed by atoms with E-state index in [2.05, 4.69) is 0 Å². The number of furan rings is 1. The van der Waals surface area contributed by atoms with E-state index in [1.165, 1.54) is 11.8 Å². The summed E-state index contributed by atoms with van der Waals surface area (Å²) >= 11 is 7.65. The predicted octanol–water partition coefficient (Wildman–Crippen LogP) is 4.84. The number of carbonyl (C=O) groups is 1. The molecule has 0 atom stereocenters. The summed E-state index contributed by atoms with van der Waals surface area (Å²) in [5.74, 6) is 2.62. The predicted molar refractivity (Wildman–Crippen MR) is 86.4 cm³/mol. The topological polar surface area (TPSA) is 39.4 Å². The first kappa shape index (κ1) is 16.0. The van der Waals surface area contributed by atoms with Crippen molar-refractivity contribution in [1.82, 2.24) is 0 Å². The summed E-state index contributed by atoms with van der Waals surface area (Å²) < 4.78 is 10.7. The van der Waals surface area contributed by atoms with E-state index in [0.29, 0.717) is 34.4 Å². The standard InChI is InChI=1S/C16H17ClO3S/c1-2-7-20-16-6-5-12(9-14(16)17)15(18)11-21-10-13-4-3-8-19-13/h3-6,8-9H,2,7,10-11H2,1H3. The van der Waals surface area contributed by atoms with Crippen LogP contribution in [-0.2, 0) is 5.75 Å². The Morgan fingerprint density at radius 1 is 1.38 bits per heavy atom. The van der Waals surface area contributed by atoms with Crippen molar-refractivity contribution in [2.75, 3.05) is 12.4 Å². The highest BCUT2D eigenvalue weighted by Crippen LogP contribution is 2.26. The molecule has 1 aromatic carbocycles. The molecule has 0 unspecified atom stereocenters. The van der Waals surface area contributed by atoms with Crippen LogP contribution in [0.1, 0.15) is 29.5 Å². The van der Waals surface area contributed by atoms with Gasteiger partial charge in [0.25, 0.3) is 0 Å². The molecule has 0 fully saturated rings. The van der Waals surface area contributed by atoms with Gasteiger partial charge in [-0.25, -0.2) is 0 Å². The van der Waals surface area contributed by atoms with Crippen LogP contribution >= 0.6 is 23.4 Å². The Kier molecular flexibility index (Phi) is 6.21. The van der Waals surface area contributed by atoms with E-state index in [1.54, 1.807) is 24.5 Å². The van der Waals surface area contributed by atoms with Crippen LogP contribution in [0, 0.1) is 0 Å². The second-order valence-corrected chi connectivity index (χ2v) is 5.88. The van der Waals surface area contributed by atoms with Crippen molar-refractivity contribution in [1.29, 1.82) is 0 Å². The quantitative estimate of drug-likeness (QED) is 0.651. The van der Waals surface area contributed by atoms with E-state index in [4.69, 9.17) is 20.8 Å². The van der Waals surface area contributed by atoms with Crippen molar-refractivity contribution in [2.45, 2.75) is 19.1 Å². The molecule has 0 amide bonds. The minimum absolute atomic E-state index is 0.0514. The molecule has 2 rings (SSSR count). The molecule has 112 valence electrons. The zero-order valence-electron chi connectivity index (χ0n) is 11.8. The van der Waals surface area contributed by atoms with Gasteiger partial charge < -0.3 is 9.15 Å². The van der Waals surface area contributed by atoms with Gasteiger partial charge in [-0.15, -0.1) is 11.8 Å².